The number of hydrogen-bond donors (Lipinski definition) is 1. The van der Waals surface area contributed by atoms with Crippen molar-refractivity contribution in [1.82, 2.24) is 0 Å². The molecule has 0 aliphatic rings. The van der Waals surface area contributed by atoms with Gasteiger partial charge in [0.1, 0.15) is 24.0 Å². The van der Waals surface area contributed by atoms with Gasteiger partial charge in [-0.05, 0) is 52.7 Å². The SMILES string of the molecule is N#C/C(=C\c1ccccc1OCc1cccc2ccccc12)C(=O)Nc1ccc(Cl)cc1. The van der Waals surface area contributed by atoms with Gasteiger partial charge in [-0.25, -0.2) is 0 Å². The molecule has 4 aromatic rings. The minimum atomic E-state index is -0.501. The molecule has 0 saturated heterocycles. The summed E-state index contributed by atoms with van der Waals surface area (Å²) in [5, 5.41) is 15.1. The second-order valence-corrected chi connectivity index (χ2v) is 7.53. The molecule has 0 unspecified atom stereocenters. The number of anilines is 1. The largest absolute Gasteiger partial charge is 0.488 e. The fourth-order valence-corrected chi connectivity index (χ4v) is 3.47. The third kappa shape index (κ3) is 4.97. The molecule has 0 aliphatic carbocycles. The smallest absolute Gasteiger partial charge is 0.266 e. The average molecular weight is 439 g/mol. The van der Waals surface area contributed by atoms with Crippen LogP contribution in [0.3, 0.4) is 0 Å². The van der Waals surface area contributed by atoms with E-state index < -0.39 is 5.91 Å². The number of carbonyl (C=O) groups excluding carboxylic acids is 1. The first-order valence-corrected chi connectivity index (χ1v) is 10.4. The number of halogens is 1. The Morgan fingerprint density at radius 2 is 1.66 bits per heavy atom. The van der Waals surface area contributed by atoms with Gasteiger partial charge < -0.3 is 10.1 Å². The number of carbonyl (C=O) groups is 1. The van der Waals surface area contributed by atoms with Crippen LogP contribution in [0.4, 0.5) is 5.69 Å². The van der Waals surface area contributed by atoms with E-state index >= 15 is 0 Å². The van der Waals surface area contributed by atoms with Gasteiger partial charge >= 0.3 is 0 Å². The van der Waals surface area contributed by atoms with Crippen LogP contribution in [-0.2, 0) is 11.4 Å². The molecule has 4 nitrogen and oxygen atoms in total. The Morgan fingerprint density at radius 1 is 0.938 bits per heavy atom. The van der Waals surface area contributed by atoms with Crippen molar-refractivity contribution in [2.75, 3.05) is 5.32 Å². The van der Waals surface area contributed by atoms with E-state index in [1.54, 1.807) is 24.3 Å². The molecule has 0 bridgehead atoms. The number of rotatable bonds is 6. The van der Waals surface area contributed by atoms with Gasteiger partial charge in [-0.3, -0.25) is 4.79 Å². The molecule has 4 rings (SSSR count). The van der Waals surface area contributed by atoms with E-state index in [9.17, 15) is 10.1 Å². The molecule has 1 amide bonds. The molecule has 4 aromatic carbocycles. The molecule has 0 fully saturated rings. The summed E-state index contributed by atoms with van der Waals surface area (Å²) in [4.78, 5) is 12.6. The maximum absolute atomic E-state index is 12.6. The number of fused-ring (bicyclic) bond motifs is 1. The average Bonchev–Trinajstić information content (AvgIpc) is 2.83. The lowest BCUT2D eigenvalue weighted by atomic mass is 10.1. The van der Waals surface area contributed by atoms with E-state index in [0.29, 0.717) is 28.6 Å². The molecule has 5 heteroatoms. The highest BCUT2D eigenvalue weighted by atomic mass is 35.5. The van der Waals surface area contributed by atoms with Crippen molar-refractivity contribution in [2.45, 2.75) is 6.61 Å². The number of benzene rings is 4. The summed E-state index contributed by atoms with van der Waals surface area (Å²) in [6, 6.07) is 30.2. The van der Waals surface area contributed by atoms with Crippen LogP contribution >= 0.6 is 11.6 Å². The van der Waals surface area contributed by atoms with Crippen molar-refractivity contribution >= 4 is 40.0 Å². The highest BCUT2D eigenvalue weighted by Gasteiger charge is 2.12. The minimum Gasteiger partial charge on any atom is -0.488 e. The van der Waals surface area contributed by atoms with Crippen LogP contribution in [0.25, 0.3) is 16.8 Å². The van der Waals surface area contributed by atoms with E-state index in [-0.39, 0.29) is 5.57 Å². The van der Waals surface area contributed by atoms with E-state index in [1.807, 2.05) is 54.6 Å². The van der Waals surface area contributed by atoms with Crippen molar-refractivity contribution in [3.8, 4) is 11.8 Å². The maximum atomic E-state index is 12.6. The van der Waals surface area contributed by atoms with Gasteiger partial charge in [-0.1, -0.05) is 72.3 Å². The van der Waals surface area contributed by atoms with Crippen LogP contribution in [0, 0.1) is 11.3 Å². The van der Waals surface area contributed by atoms with E-state index in [2.05, 4.69) is 23.5 Å². The Hall–Kier alpha value is -4.07. The van der Waals surface area contributed by atoms with Crippen molar-refractivity contribution in [3.63, 3.8) is 0 Å². The number of nitrogens with one attached hydrogen (secondary N) is 1. The normalized spacial score (nSPS) is 11.1. The fraction of sp³-hybridized carbons (Fsp3) is 0.0370. The molecule has 1 N–H and O–H groups in total. The van der Waals surface area contributed by atoms with Gasteiger partial charge in [0.05, 0.1) is 0 Å². The lowest BCUT2D eigenvalue weighted by Gasteiger charge is -2.12. The summed E-state index contributed by atoms with van der Waals surface area (Å²) in [6.45, 7) is 0.366. The number of amides is 1. The number of hydrogen-bond acceptors (Lipinski definition) is 3. The molecular weight excluding hydrogens is 420 g/mol. The highest BCUT2D eigenvalue weighted by Crippen LogP contribution is 2.25. The second kappa shape index (κ2) is 9.82. The molecule has 0 saturated carbocycles. The van der Waals surface area contributed by atoms with Crippen LogP contribution in [0.2, 0.25) is 5.02 Å². The summed E-state index contributed by atoms with van der Waals surface area (Å²) >= 11 is 5.88. The summed E-state index contributed by atoms with van der Waals surface area (Å²) in [7, 11) is 0. The summed E-state index contributed by atoms with van der Waals surface area (Å²) < 4.78 is 6.09. The standard InChI is InChI=1S/C27H19ClN2O2/c28-23-12-14-24(15-13-23)30-27(31)22(17-29)16-20-7-2-4-11-26(20)32-18-21-9-5-8-19-6-1-3-10-25(19)21/h1-16H,18H2,(H,30,31)/b22-16+. The van der Waals surface area contributed by atoms with E-state index in [1.165, 1.54) is 6.08 Å². The van der Waals surface area contributed by atoms with Gasteiger partial charge in [0.2, 0.25) is 0 Å². The zero-order valence-electron chi connectivity index (χ0n) is 17.1. The first kappa shape index (κ1) is 21.2. The molecule has 0 aliphatic heterocycles. The monoisotopic (exact) mass is 438 g/mol. The zero-order valence-corrected chi connectivity index (χ0v) is 17.8. The van der Waals surface area contributed by atoms with Crippen LogP contribution in [-0.4, -0.2) is 5.91 Å². The Morgan fingerprint density at radius 3 is 2.47 bits per heavy atom. The molecule has 156 valence electrons. The van der Waals surface area contributed by atoms with Gasteiger partial charge in [0.15, 0.2) is 0 Å². The topological polar surface area (TPSA) is 62.1 Å². The zero-order chi connectivity index (χ0) is 22.3. The number of ether oxygens (including phenoxy) is 1. The quantitative estimate of drug-likeness (QED) is 0.272. The lowest BCUT2D eigenvalue weighted by Crippen LogP contribution is -2.13. The molecule has 0 atom stereocenters. The van der Waals surface area contributed by atoms with Crippen LogP contribution < -0.4 is 10.1 Å². The third-order valence-corrected chi connectivity index (χ3v) is 5.20. The van der Waals surface area contributed by atoms with Crippen molar-refractivity contribution < 1.29 is 9.53 Å². The molecule has 0 aromatic heterocycles. The Balaban J connectivity index is 1.55. The Kier molecular flexibility index (Phi) is 6.50. The van der Waals surface area contributed by atoms with Crippen molar-refractivity contribution in [3.05, 3.63) is 113 Å². The van der Waals surface area contributed by atoms with Crippen LogP contribution in [0.1, 0.15) is 11.1 Å². The highest BCUT2D eigenvalue weighted by molar-refractivity contribution is 6.30. The third-order valence-electron chi connectivity index (χ3n) is 4.95. The fourth-order valence-electron chi connectivity index (χ4n) is 3.34. The van der Waals surface area contributed by atoms with Gasteiger partial charge in [0.25, 0.3) is 5.91 Å². The summed E-state index contributed by atoms with van der Waals surface area (Å²) in [5.41, 5.74) is 2.24. The minimum absolute atomic E-state index is 0.0267. The maximum Gasteiger partial charge on any atom is 0.266 e. The molecular formula is C27H19ClN2O2. The molecule has 0 radical (unpaired) electrons. The Labute approximate surface area is 191 Å². The van der Waals surface area contributed by atoms with Gasteiger partial charge in [-0.2, -0.15) is 5.26 Å². The summed E-state index contributed by atoms with van der Waals surface area (Å²) in [5.74, 6) is 0.0890. The number of nitriles is 1. The summed E-state index contributed by atoms with van der Waals surface area (Å²) in [6.07, 6.45) is 1.53. The van der Waals surface area contributed by atoms with Gasteiger partial charge in [0, 0.05) is 16.3 Å². The number of para-hydroxylation sites is 1. The number of nitrogens with zero attached hydrogens (tertiary/aromatic N) is 1. The van der Waals surface area contributed by atoms with Crippen LogP contribution in [0.5, 0.6) is 5.75 Å². The predicted octanol–water partition coefficient (Wildman–Crippen LogP) is 6.62. The van der Waals surface area contributed by atoms with Gasteiger partial charge in [-0.15, -0.1) is 0 Å². The van der Waals surface area contributed by atoms with E-state index in [0.717, 1.165) is 16.3 Å². The molecule has 0 heterocycles. The predicted molar refractivity (Wildman–Crippen MR) is 128 cm³/mol. The second-order valence-electron chi connectivity index (χ2n) is 7.10. The Bertz CT molecular complexity index is 1330. The first-order valence-electron chi connectivity index (χ1n) is 10.0. The lowest BCUT2D eigenvalue weighted by molar-refractivity contribution is -0.112. The van der Waals surface area contributed by atoms with Crippen LogP contribution in [0.15, 0.2) is 96.6 Å². The molecule has 0 spiro atoms. The first-order chi connectivity index (χ1) is 15.6. The van der Waals surface area contributed by atoms with E-state index in [4.69, 9.17) is 16.3 Å². The molecule has 32 heavy (non-hydrogen) atoms. The van der Waals surface area contributed by atoms with Crippen molar-refractivity contribution in [2.24, 2.45) is 0 Å². The van der Waals surface area contributed by atoms with Crippen molar-refractivity contribution in [1.29, 1.82) is 5.26 Å².